The van der Waals surface area contributed by atoms with Gasteiger partial charge in [0.1, 0.15) is 5.82 Å². The van der Waals surface area contributed by atoms with Gasteiger partial charge in [0.2, 0.25) is 0 Å². The van der Waals surface area contributed by atoms with Crippen LogP contribution < -0.4 is 0 Å². The number of fused-ring (bicyclic) bond motifs is 1. The van der Waals surface area contributed by atoms with Crippen molar-refractivity contribution >= 4 is 0 Å². The molecule has 0 fully saturated rings. The molecule has 0 aliphatic carbocycles. The van der Waals surface area contributed by atoms with Crippen molar-refractivity contribution in [2.45, 2.75) is 19.0 Å². The summed E-state index contributed by atoms with van der Waals surface area (Å²) in [5.74, 6) is 0.135. The lowest BCUT2D eigenvalue weighted by molar-refractivity contribution is 0.132. The average molecular weight is 289 g/mol. The molecular formula is C16H20FN3O. The van der Waals surface area contributed by atoms with Gasteiger partial charge in [0.05, 0.1) is 12.8 Å². The minimum absolute atomic E-state index is 0.191. The van der Waals surface area contributed by atoms with E-state index < -0.39 is 0 Å². The summed E-state index contributed by atoms with van der Waals surface area (Å²) in [6.07, 6.45) is 1.94. The summed E-state index contributed by atoms with van der Waals surface area (Å²) in [7, 11) is 3.71. The lowest BCUT2D eigenvalue weighted by Gasteiger charge is -2.32. The topological polar surface area (TPSA) is 30.3 Å². The van der Waals surface area contributed by atoms with Crippen LogP contribution in [0.5, 0.6) is 0 Å². The highest BCUT2D eigenvalue weighted by Crippen LogP contribution is 2.29. The number of aryl methyl sites for hydroxylation is 1. The highest BCUT2D eigenvalue weighted by molar-refractivity contribution is 5.26. The standard InChI is InChI=1S/C16H20FN3O/c1-19-16-13(7-18-19)9-20(10-14(16)11-21-2)8-12-3-5-15(17)6-4-12/h3-7,14H,8-11H2,1-2H3. The van der Waals surface area contributed by atoms with E-state index in [1.807, 2.05) is 30.1 Å². The summed E-state index contributed by atoms with van der Waals surface area (Å²) < 4.78 is 20.3. The summed E-state index contributed by atoms with van der Waals surface area (Å²) >= 11 is 0. The van der Waals surface area contributed by atoms with Gasteiger partial charge in [-0.25, -0.2) is 4.39 Å². The van der Waals surface area contributed by atoms with Gasteiger partial charge in [0, 0.05) is 51.0 Å². The molecule has 0 radical (unpaired) electrons. The number of hydrogen-bond acceptors (Lipinski definition) is 3. The molecule has 4 nitrogen and oxygen atoms in total. The zero-order valence-corrected chi connectivity index (χ0v) is 12.4. The molecule has 5 heteroatoms. The molecule has 0 spiro atoms. The number of rotatable bonds is 4. The SMILES string of the molecule is COCC1CN(Cc2ccc(F)cc2)Cc2cnn(C)c21. The molecule has 112 valence electrons. The van der Waals surface area contributed by atoms with Crippen molar-refractivity contribution in [3.63, 3.8) is 0 Å². The second-order valence-corrected chi connectivity index (χ2v) is 5.63. The van der Waals surface area contributed by atoms with E-state index in [0.29, 0.717) is 12.5 Å². The predicted molar refractivity (Wildman–Crippen MR) is 78.3 cm³/mol. The van der Waals surface area contributed by atoms with Crippen LogP contribution in [0.15, 0.2) is 30.5 Å². The molecule has 2 heterocycles. The van der Waals surface area contributed by atoms with Crippen LogP contribution in [-0.2, 0) is 24.9 Å². The number of benzene rings is 1. The summed E-state index contributed by atoms with van der Waals surface area (Å²) in [4.78, 5) is 2.36. The molecule has 21 heavy (non-hydrogen) atoms. The average Bonchev–Trinajstić information content (AvgIpc) is 2.83. The van der Waals surface area contributed by atoms with Gasteiger partial charge in [-0.05, 0) is 17.7 Å². The molecule has 0 saturated carbocycles. The van der Waals surface area contributed by atoms with E-state index in [9.17, 15) is 4.39 Å². The summed E-state index contributed by atoms with van der Waals surface area (Å²) in [6, 6.07) is 6.72. The number of methoxy groups -OCH3 is 1. The molecule has 1 unspecified atom stereocenters. The Kier molecular flexibility index (Phi) is 4.03. The zero-order valence-electron chi connectivity index (χ0n) is 12.4. The number of ether oxygens (including phenoxy) is 1. The fourth-order valence-corrected chi connectivity index (χ4v) is 3.15. The number of hydrogen-bond donors (Lipinski definition) is 0. The van der Waals surface area contributed by atoms with E-state index in [1.54, 1.807) is 7.11 Å². The van der Waals surface area contributed by atoms with Gasteiger partial charge in [-0.3, -0.25) is 9.58 Å². The quantitative estimate of drug-likeness (QED) is 0.865. The van der Waals surface area contributed by atoms with E-state index in [2.05, 4.69) is 10.00 Å². The fraction of sp³-hybridized carbons (Fsp3) is 0.438. The molecule has 1 aliphatic heterocycles. The van der Waals surface area contributed by atoms with Crippen LogP contribution in [0.2, 0.25) is 0 Å². The van der Waals surface area contributed by atoms with Gasteiger partial charge in [-0.1, -0.05) is 12.1 Å². The first-order valence-corrected chi connectivity index (χ1v) is 7.14. The van der Waals surface area contributed by atoms with Gasteiger partial charge < -0.3 is 4.74 Å². The summed E-state index contributed by atoms with van der Waals surface area (Å²) in [5.41, 5.74) is 3.65. The highest BCUT2D eigenvalue weighted by Gasteiger charge is 2.28. The maximum absolute atomic E-state index is 13.0. The number of nitrogens with zero attached hydrogens (tertiary/aromatic N) is 3. The van der Waals surface area contributed by atoms with E-state index in [4.69, 9.17) is 4.74 Å². The van der Waals surface area contributed by atoms with Crippen LogP contribution in [-0.4, -0.2) is 34.9 Å². The van der Waals surface area contributed by atoms with Crippen LogP contribution in [0, 0.1) is 5.82 Å². The van der Waals surface area contributed by atoms with Crippen LogP contribution in [0.25, 0.3) is 0 Å². The van der Waals surface area contributed by atoms with Gasteiger partial charge in [0.25, 0.3) is 0 Å². The second kappa shape index (κ2) is 5.95. The maximum Gasteiger partial charge on any atom is 0.123 e. The lowest BCUT2D eigenvalue weighted by atomic mass is 9.96. The van der Waals surface area contributed by atoms with Crippen LogP contribution in [0.1, 0.15) is 22.7 Å². The third-order valence-corrected chi connectivity index (χ3v) is 4.01. The van der Waals surface area contributed by atoms with Gasteiger partial charge >= 0.3 is 0 Å². The maximum atomic E-state index is 13.0. The molecule has 1 aromatic carbocycles. The van der Waals surface area contributed by atoms with Crippen molar-refractivity contribution < 1.29 is 9.13 Å². The molecule has 2 aromatic rings. The molecular weight excluding hydrogens is 269 g/mol. The van der Waals surface area contributed by atoms with Crippen molar-refractivity contribution in [2.24, 2.45) is 7.05 Å². The minimum Gasteiger partial charge on any atom is -0.384 e. The first kappa shape index (κ1) is 14.2. The van der Waals surface area contributed by atoms with Crippen molar-refractivity contribution in [3.8, 4) is 0 Å². The van der Waals surface area contributed by atoms with Crippen LogP contribution in [0.4, 0.5) is 4.39 Å². The van der Waals surface area contributed by atoms with Crippen LogP contribution in [0.3, 0.4) is 0 Å². The Morgan fingerprint density at radius 2 is 2.10 bits per heavy atom. The first-order valence-electron chi connectivity index (χ1n) is 7.14. The third kappa shape index (κ3) is 2.99. The Balaban J connectivity index is 1.78. The summed E-state index contributed by atoms with van der Waals surface area (Å²) in [6.45, 7) is 3.31. The Morgan fingerprint density at radius 1 is 1.33 bits per heavy atom. The predicted octanol–water partition coefficient (Wildman–Crippen LogP) is 2.31. The number of aromatic nitrogens is 2. The van der Waals surface area contributed by atoms with Gasteiger partial charge in [-0.15, -0.1) is 0 Å². The Morgan fingerprint density at radius 3 is 2.81 bits per heavy atom. The Labute approximate surface area is 124 Å². The van der Waals surface area contributed by atoms with Crippen molar-refractivity contribution in [1.29, 1.82) is 0 Å². The van der Waals surface area contributed by atoms with Crippen molar-refractivity contribution in [3.05, 3.63) is 53.1 Å². The zero-order chi connectivity index (χ0) is 14.8. The fourth-order valence-electron chi connectivity index (χ4n) is 3.15. The highest BCUT2D eigenvalue weighted by atomic mass is 19.1. The third-order valence-electron chi connectivity index (χ3n) is 4.01. The molecule has 0 amide bonds. The van der Waals surface area contributed by atoms with E-state index in [1.165, 1.54) is 23.4 Å². The molecule has 0 N–H and O–H groups in total. The molecule has 3 rings (SSSR count). The number of halogens is 1. The first-order chi connectivity index (χ1) is 10.2. The smallest absolute Gasteiger partial charge is 0.123 e. The largest absolute Gasteiger partial charge is 0.384 e. The van der Waals surface area contributed by atoms with Crippen LogP contribution >= 0.6 is 0 Å². The van der Waals surface area contributed by atoms with Crippen molar-refractivity contribution in [1.82, 2.24) is 14.7 Å². The van der Waals surface area contributed by atoms with Gasteiger partial charge in [0.15, 0.2) is 0 Å². The molecule has 1 atom stereocenters. The minimum atomic E-state index is -0.191. The monoisotopic (exact) mass is 289 g/mol. The van der Waals surface area contributed by atoms with E-state index >= 15 is 0 Å². The lowest BCUT2D eigenvalue weighted by Crippen LogP contribution is -2.35. The second-order valence-electron chi connectivity index (χ2n) is 5.63. The van der Waals surface area contributed by atoms with Gasteiger partial charge in [-0.2, -0.15) is 5.10 Å². The molecule has 0 bridgehead atoms. The molecule has 0 saturated heterocycles. The Hall–Kier alpha value is -1.72. The summed E-state index contributed by atoms with van der Waals surface area (Å²) in [5, 5.41) is 4.37. The molecule has 1 aliphatic rings. The van der Waals surface area contributed by atoms with Crippen molar-refractivity contribution in [2.75, 3.05) is 20.3 Å². The Bertz CT molecular complexity index is 608. The van der Waals surface area contributed by atoms with E-state index in [0.717, 1.165) is 25.2 Å². The normalized spacial score (nSPS) is 18.7. The molecule has 1 aromatic heterocycles. The van der Waals surface area contributed by atoms with E-state index in [-0.39, 0.29) is 5.82 Å².